The standard InChI is InChI=1S/C11H20O2/c1-5-11(10(4)13)7-6-8(2)9(3)12/h8,11H,5-7H2,1-4H3/t8?,11-/m1/s1. The number of ketones is 2. The van der Waals surface area contributed by atoms with Crippen molar-refractivity contribution in [3.8, 4) is 0 Å². The van der Waals surface area contributed by atoms with Crippen LogP contribution in [-0.4, -0.2) is 11.6 Å². The summed E-state index contributed by atoms with van der Waals surface area (Å²) in [5.41, 5.74) is 0. The van der Waals surface area contributed by atoms with E-state index in [1.165, 1.54) is 0 Å². The lowest BCUT2D eigenvalue weighted by molar-refractivity contribution is -0.123. The second kappa shape index (κ2) is 5.90. The molecule has 0 radical (unpaired) electrons. The molecule has 2 nitrogen and oxygen atoms in total. The van der Waals surface area contributed by atoms with E-state index >= 15 is 0 Å². The van der Waals surface area contributed by atoms with Crippen molar-refractivity contribution >= 4 is 11.6 Å². The van der Waals surface area contributed by atoms with E-state index < -0.39 is 0 Å². The van der Waals surface area contributed by atoms with Crippen molar-refractivity contribution in [3.63, 3.8) is 0 Å². The average molecular weight is 184 g/mol. The van der Waals surface area contributed by atoms with Gasteiger partial charge in [-0.25, -0.2) is 0 Å². The fourth-order valence-electron chi connectivity index (χ4n) is 1.35. The lowest BCUT2D eigenvalue weighted by atomic mass is 9.91. The third-order valence-corrected chi connectivity index (χ3v) is 2.71. The van der Waals surface area contributed by atoms with Crippen LogP contribution in [0.2, 0.25) is 0 Å². The summed E-state index contributed by atoms with van der Waals surface area (Å²) in [5, 5.41) is 0. The van der Waals surface area contributed by atoms with E-state index in [9.17, 15) is 9.59 Å². The Hall–Kier alpha value is -0.660. The maximum atomic E-state index is 11.1. The predicted octanol–water partition coefficient (Wildman–Crippen LogP) is 2.61. The maximum Gasteiger partial charge on any atom is 0.132 e. The molecular formula is C11H20O2. The van der Waals surface area contributed by atoms with E-state index in [1.807, 2.05) is 13.8 Å². The van der Waals surface area contributed by atoms with Crippen LogP contribution in [0.4, 0.5) is 0 Å². The fourth-order valence-corrected chi connectivity index (χ4v) is 1.35. The molecule has 2 atom stereocenters. The molecule has 0 bridgehead atoms. The van der Waals surface area contributed by atoms with Gasteiger partial charge in [-0.05, 0) is 33.1 Å². The highest BCUT2D eigenvalue weighted by Crippen LogP contribution is 2.16. The number of carbonyl (C=O) groups is 2. The summed E-state index contributed by atoms with van der Waals surface area (Å²) in [5.74, 6) is 0.729. The van der Waals surface area contributed by atoms with Gasteiger partial charge >= 0.3 is 0 Å². The van der Waals surface area contributed by atoms with Crippen LogP contribution in [0.1, 0.15) is 47.0 Å². The lowest BCUT2D eigenvalue weighted by Gasteiger charge is -2.13. The number of hydrogen-bond donors (Lipinski definition) is 0. The van der Waals surface area contributed by atoms with Crippen LogP contribution in [0.3, 0.4) is 0 Å². The first-order chi connectivity index (χ1) is 5.99. The van der Waals surface area contributed by atoms with Crippen LogP contribution in [0.5, 0.6) is 0 Å². The molecule has 0 aliphatic heterocycles. The molecule has 2 heteroatoms. The van der Waals surface area contributed by atoms with E-state index in [1.54, 1.807) is 13.8 Å². The lowest BCUT2D eigenvalue weighted by Crippen LogP contribution is -2.13. The molecule has 0 spiro atoms. The van der Waals surface area contributed by atoms with Crippen molar-refractivity contribution in [2.75, 3.05) is 0 Å². The van der Waals surface area contributed by atoms with Gasteiger partial charge in [0.1, 0.15) is 11.6 Å². The molecule has 0 rings (SSSR count). The summed E-state index contributed by atoms with van der Waals surface area (Å²) in [6.07, 6.45) is 2.58. The molecule has 1 unspecified atom stereocenters. The summed E-state index contributed by atoms with van der Waals surface area (Å²) in [7, 11) is 0. The predicted molar refractivity (Wildman–Crippen MR) is 53.5 cm³/mol. The van der Waals surface area contributed by atoms with Crippen molar-refractivity contribution in [1.29, 1.82) is 0 Å². The Morgan fingerprint density at radius 1 is 1.08 bits per heavy atom. The van der Waals surface area contributed by atoms with Gasteiger partial charge in [0.15, 0.2) is 0 Å². The van der Waals surface area contributed by atoms with E-state index in [0.717, 1.165) is 19.3 Å². The summed E-state index contributed by atoms with van der Waals surface area (Å²) < 4.78 is 0. The van der Waals surface area contributed by atoms with E-state index in [4.69, 9.17) is 0 Å². The van der Waals surface area contributed by atoms with Gasteiger partial charge in [0.25, 0.3) is 0 Å². The van der Waals surface area contributed by atoms with Gasteiger partial charge in [-0.1, -0.05) is 13.8 Å². The maximum absolute atomic E-state index is 11.1. The van der Waals surface area contributed by atoms with Gasteiger partial charge in [0, 0.05) is 11.8 Å². The molecule has 0 aromatic rings. The van der Waals surface area contributed by atoms with E-state index in [0.29, 0.717) is 0 Å². The first-order valence-electron chi connectivity index (χ1n) is 4.99. The van der Waals surface area contributed by atoms with Gasteiger partial charge < -0.3 is 0 Å². The van der Waals surface area contributed by atoms with Gasteiger partial charge in [-0.15, -0.1) is 0 Å². The third kappa shape index (κ3) is 4.81. The summed E-state index contributed by atoms with van der Waals surface area (Å²) >= 11 is 0. The minimum atomic E-state index is 0.105. The van der Waals surface area contributed by atoms with Crippen LogP contribution in [-0.2, 0) is 9.59 Å². The largest absolute Gasteiger partial charge is 0.300 e. The Kier molecular flexibility index (Phi) is 5.60. The van der Waals surface area contributed by atoms with Gasteiger partial charge in [-0.2, -0.15) is 0 Å². The van der Waals surface area contributed by atoms with Crippen molar-refractivity contribution in [2.45, 2.75) is 47.0 Å². The Bertz CT molecular complexity index is 185. The Labute approximate surface area is 80.7 Å². The van der Waals surface area contributed by atoms with E-state index in [-0.39, 0.29) is 23.4 Å². The van der Waals surface area contributed by atoms with Gasteiger partial charge in [0.2, 0.25) is 0 Å². The highest BCUT2D eigenvalue weighted by molar-refractivity contribution is 5.79. The molecule has 0 aromatic carbocycles. The molecule has 0 aliphatic carbocycles. The van der Waals surface area contributed by atoms with Crippen LogP contribution >= 0.6 is 0 Å². The molecule has 13 heavy (non-hydrogen) atoms. The molecule has 0 fully saturated rings. The molecule has 0 heterocycles. The zero-order valence-electron chi connectivity index (χ0n) is 9.09. The molecular weight excluding hydrogens is 164 g/mol. The monoisotopic (exact) mass is 184 g/mol. The quantitative estimate of drug-likeness (QED) is 0.636. The van der Waals surface area contributed by atoms with Gasteiger partial charge in [-0.3, -0.25) is 9.59 Å². The van der Waals surface area contributed by atoms with E-state index in [2.05, 4.69) is 0 Å². The summed E-state index contributed by atoms with van der Waals surface area (Å²) in [6, 6.07) is 0. The fraction of sp³-hybridized carbons (Fsp3) is 0.818. The van der Waals surface area contributed by atoms with Crippen molar-refractivity contribution < 1.29 is 9.59 Å². The van der Waals surface area contributed by atoms with Crippen molar-refractivity contribution in [2.24, 2.45) is 11.8 Å². The van der Waals surface area contributed by atoms with Crippen molar-refractivity contribution in [3.05, 3.63) is 0 Å². The van der Waals surface area contributed by atoms with Crippen LogP contribution in [0, 0.1) is 11.8 Å². The van der Waals surface area contributed by atoms with Crippen LogP contribution < -0.4 is 0 Å². The van der Waals surface area contributed by atoms with Crippen LogP contribution in [0.25, 0.3) is 0 Å². The first-order valence-corrected chi connectivity index (χ1v) is 4.99. The molecule has 76 valence electrons. The SMILES string of the molecule is CC[C@H](CCC(C)C(C)=O)C(C)=O. The zero-order chi connectivity index (χ0) is 10.4. The highest BCUT2D eigenvalue weighted by Gasteiger charge is 2.14. The normalized spacial score (nSPS) is 15.1. The highest BCUT2D eigenvalue weighted by atomic mass is 16.1. The Morgan fingerprint density at radius 3 is 1.92 bits per heavy atom. The second-order valence-corrected chi connectivity index (χ2v) is 3.80. The smallest absolute Gasteiger partial charge is 0.132 e. The Morgan fingerprint density at radius 2 is 1.62 bits per heavy atom. The number of rotatable bonds is 6. The average Bonchev–Trinajstić information content (AvgIpc) is 2.04. The second-order valence-electron chi connectivity index (χ2n) is 3.80. The third-order valence-electron chi connectivity index (χ3n) is 2.71. The molecule has 0 saturated heterocycles. The minimum absolute atomic E-state index is 0.105. The minimum Gasteiger partial charge on any atom is -0.300 e. The molecule has 0 amide bonds. The number of carbonyl (C=O) groups excluding carboxylic acids is 2. The molecule has 0 aromatic heterocycles. The topological polar surface area (TPSA) is 34.1 Å². The summed E-state index contributed by atoms with van der Waals surface area (Å²) in [6.45, 7) is 7.19. The first kappa shape index (κ1) is 12.3. The van der Waals surface area contributed by atoms with Crippen LogP contribution in [0.15, 0.2) is 0 Å². The molecule has 0 saturated carbocycles. The van der Waals surface area contributed by atoms with Gasteiger partial charge in [0.05, 0.1) is 0 Å². The molecule has 0 N–H and O–H groups in total. The van der Waals surface area contributed by atoms with Crippen molar-refractivity contribution in [1.82, 2.24) is 0 Å². The number of Topliss-reactive ketones (excluding diaryl/α,β-unsaturated/α-hetero) is 2. The molecule has 0 aliphatic rings. The number of hydrogen-bond acceptors (Lipinski definition) is 2. The zero-order valence-corrected chi connectivity index (χ0v) is 9.09. The summed E-state index contributed by atoms with van der Waals surface area (Å²) in [4.78, 5) is 22.0. The Balaban J connectivity index is 3.85.